The number of aromatic nitrogens is 2. The Morgan fingerprint density at radius 2 is 1.42 bits per heavy atom. The molecule has 2 aromatic carbocycles. The molecule has 0 fully saturated rings. The monoisotopic (exact) mass is 346 g/mol. The van der Waals surface area contributed by atoms with Gasteiger partial charge in [-0.05, 0) is 51.0 Å². The van der Waals surface area contributed by atoms with Crippen LogP contribution in [0, 0.1) is 27.7 Å². The quantitative estimate of drug-likeness (QED) is 0.718. The molecule has 1 amide bonds. The smallest absolute Gasteiger partial charge is 0.258 e. The molecule has 0 unspecified atom stereocenters. The highest BCUT2D eigenvalue weighted by atomic mass is 16.1. The van der Waals surface area contributed by atoms with E-state index in [0.717, 1.165) is 28.1 Å². The van der Waals surface area contributed by atoms with Crippen LogP contribution in [-0.4, -0.2) is 15.9 Å². The minimum absolute atomic E-state index is 0.233. The van der Waals surface area contributed by atoms with E-state index in [1.165, 1.54) is 18.0 Å². The Morgan fingerprint density at radius 3 is 2.00 bits per heavy atom. The number of carbonyl (C=O) groups excluding carboxylic acids is 1. The van der Waals surface area contributed by atoms with Crippen molar-refractivity contribution in [2.75, 3.05) is 10.6 Å². The Bertz CT molecular complexity index is 908. The van der Waals surface area contributed by atoms with Gasteiger partial charge in [0.05, 0.1) is 5.56 Å². The van der Waals surface area contributed by atoms with Gasteiger partial charge in [0.1, 0.15) is 0 Å². The number of benzene rings is 2. The van der Waals surface area contributed by atoms with Crippen molar-refractivity contribution in [3.63, 3.8) is 0 Å². The van der Waals surface area contributed by atoms with Crippen LogP contribution >= 0.6 is 0 Å². The number of nitrogens with one attached hydrogen (secondary N) is 2. The Morgan fingerprint density at radius 1 is 0.846 bits per heavy atom. The molecule has 0 saturated carbocycles. The first-order chi connectivity index (χ1) is 12.4. The lowest BCUT2D eigenvalue weighted by atomic mass is 10.1. The van der Waals surface area contributed by atoms with Gasteiger partial charge in [-0.25, -0.2) is 9.97 Å². The van der Waals surface area contributed by atoms with Crippen LogP contribution in [0.1, 0.15) is 32.6 Å². The molecular weight excluding hydrogens is 324 g/mol. The largest absolute Gasteiger partial charge is 0.324 e. The number of hydrogen-bond acceptors (Lipinski definition) is 4. The number of rotatable bonds is 4. The molecule has 0 bridgehead atoms. The van der Waals surface area contributed by atoms with Gasteiger partial charge in [-0.1, -0.05) is 35.4 Å². The maximum absolute atomic E-state index is 12.3. The van der Waals surface area contributed by atoms with E-state index in [-0.39, 0.29) is 5.91 Å². The summed E-state index contributed by atoms with van der Waals surface area (Å²) in [5.41, 5.74) is 6.77. The van der Waals surface area contributed by atoms with Crippen LogP contribution in [0.3, 0.4) is 0 Å². The van der Waals surface area contributed by atoms with Gasteiger partial charge in [-0.2, -0.15) is 0 Å². The molecule has 0 spiro atoms. The minimum Gasteiger partial charge on any atom is -0.324 e. The molecule has 0 radical (unpaired) electrons. The fourth-order valence-corrected chi connectivity index (χ4v) is 2.84. The summed E-state index contributed by atoms with van der Waals surface area (Å²) in [6, 6.07) is 11.9. The van der Waals surface area contributed by atoms with E-state index in [9.17, 15) is 4.79 Å². The lowest BCUT2D eigenvalue weighted by Gasteiger charge is -2.12. The lowest BCUT2D eigenvalue weighted by Crippen LogP contribution is -2.13. The number of hydrogen-bond donors (Lipinski definition) is 2. The highest BCUT2D eigenvalue weighted by molar-refractivity contribution is 6.03. The molecule has 1 aromatic heterocycles. The summed E-state index contributed by atoms with van der Waals surface area (Å²) in [7, 11) is 0. The fourth-order valence-electron chi connectivity index (χ4n) is 2.84. The normalized spacial score (nSPS) is 10.5. The highest BCUT2D eigenvalue weighted by Gasteiger charge is 2.09. The average Bonchev–Trinajstić information content (AvgIpc) is 2.60. The summed E-state index contributed by atoms with van der Waals surface area (Å²) >= 11 is 0. The van der Waals surface area contributed by atoms with Crippen LogP contribution in [0.5, 0.6) is 0 Å². The third-order valence-electron chi connectivity index (χ3n) is 4.14. The molecule has 0 aliphatic rings. The first kappa shape index (κ1) is 17.6. The molecule has 0 aliphatic carbocycles. The third kappa shape index (κ3) is 4.06. The van der Waals surface area contributed by atoms with Gasteiger partial charge in [0, 0.05) is 23.8 Å². The zero-order valence-electron chi connectivity index (χ0n) is 15.4. The Labute approximate surface area is 153 Å². The van der Waals surface area contributed by atoms with Gasteiger partial charge in [-0.3, -0.25) is 4.79 Å². The van der Waals surface area contributed by atoms with E-state index in [1.807, 2.05) is 45.0 Å². The summed E-state index contributed by atoms with van der Waals surface area (Å²) in [6.07, 6.45) is 3.05. The van der Waals surface area contributed by atoms with Crippen LogP contribution in [0.25, 0.3) is 0 Å². The van der Waals surface area contributed by atoms with Crippen molar-refractivity contribution in [1.29, 1.82) is 0 Å². The number of aryl methyl sites for hydroxylation is 4. The topological polar surface area (TPSA) is 66.9 Å². The van der Waals surface area contributed by atoms with Gasteiger partial charge in [0.15, 0.2) is 0 Å². The molecule has 3 aromatic rings. The summed E-state index contributed by atoms with van der Waals surface area (Å²) in [4.78, 5) is 20.8. The summed E-state index contributed by atoms with van der Waals surface area (Å²) in [5, 5.41) is 6.08. The van der Waals surface area contributed by atoms with E-state index in [4.69, 9.17) is 0 Å². The molecule has 1 heterocycles. The number of amides is 1. The maximum Gasteiger partial charge on any atom is 0.258 e. The van der Waals surface area contributed by atoms with Gasteiger partial charge < -0.3 is 10.6 Å². The van der Waals surface area contributed by atoms with E-state index >= 15 is 0 Å². The summed E-state index contributed by atoms with van der Waals surface area (Å²) < 4.78 is 0. The Balaban J connectivity index is 1.72. The molecule has 5 nitrogen and oxygen atoms in total. The molecule has 0 atom stereocenters. The first-order valence-corrected chi connectivity index (χ1v) is 8.47. The van der Waals surface area contributed by atoms with Crippen molar-refractivity contribution in [2.24, 2.45) is 0 Å². The summed E-state index contributed by atoms with van der Waals surface area (Å²) in [6.45, 7) is 8.17. The number of carbonyl (C=O) groups is 1. The van der Waals surface area contributed by atoms with Gasteiger partial charge in [0.25, 0.3) is 5.91 Å². The van der Waals surface area contributed by atoms with Crippen LogP contribution in [0.4, 0.5) is 17.3 Å². The number of nitrogens with zero attached hydrogens (tertiary/aromatic N) is 2. The highest BCUT2D eigenvalue weighted by Crippen LogP contribution is 2.24. The van der Waals surface area contributed by atoms with Crippen LogP contribution < -0.4 is 10.6 Å². The van der Waals surface area contributed by atoms with Crippen LogP contribution in [0.15, 0.2) is 48.8 Å². The van der Waals surface area contributed by atoms with Crippen molar-refractivity contribution < 1.29 is 4.79 Å². The van der Waals surface area contributed by atoms with Crippen LogP contribution in [-0.2, 0) is 0 Å². The molecular formula is C21H22N4O. The van der Waals surface area contributed by atoms with E-state index in [1.54, 1.807) is 0 Å². The van der Waals surface area contributed by atoms with Gasteiger partial charge in [-0.15, -0.1) is 0 Å². The third-order valence-corrected chi connectivity index (χ3v) is 4.14. The minimum atomic E-state index is -0.233. The van der Waals surface area contributed by atoms with E-state index < -0.39 is 0 Å². The fraction of sp³-hybridized carbons (Fsp3) is 0.190. The molecule has 2 N–H and O–H groups in total. The van der Waals surface area contributed by atoms with E-state index in [2.05, 4.69) is 39.7 Å². The molecule has 3 rings (SSSR count). The summed E-state index contributed by atoms with van der Waals surface area (Å²) in [5.74, 6) is 0.232. The van der Waals surface area contributed by atoms with Crippen molar-refractivity contribution >= 4 is 23.2 Å². The van der Waals surface area contributed by atoms with Crippen molar-refractivity contribution in [2.45, 2.75) is 27.7 Å². The SMILES string of the molecule is Cc1ccc(NC(=O)c2cnc(Nc3c(C)cc(C)cc3C)nc2)cc1. The first-order valence-electron chi connectivity index (χ1n) is 8.47. The lowest BCUT2D eigenvalue weighted by molar-refractivity contribution is 0.102. The van der Waals surface area contributed by atoms with E-state index in [0.29, 0.717) is 11.5 Å². The van der Waals surface area contributed by atoms with Crippen molar-refractivity contribution in [3.8, 4) is 0 Å². The number of anilines is 3. The predicted molar refractivity (Wildman–Crippen MR) is 105 cm³/mol. The second-order valence-corrected chi connectivity index (χ2v) is 6.51. The predicted octanol–water partition coefficient (Wildman–Crippen LogP) is 4.71. The van der Waals surface area contributed by atoms with Crippen molar-refractivity contribution in [3.05, 3.63) is 76.6 Å². The average molecular weight is 346 g/mol. The maximum atomic E-state index is 12.3. The molecule has 0 saturated heterocycles. The van der Waals surface area contributed by atoms with Crippen molar-refractivity contribution in [1.82, 2.24) is 9.97 Å². The van der Waals surface area contributed by atoms with Gasteiger partial charge >= 0.3 is 0 Å². The zero-order valence-corrected chi connectivity index (χ0v) is 15.4. The molecule has 26 heavy (non-hydrogen) atoms. The Kier molecular flexibility index (Phi) is 4.98. The molecule has 5 heteroatoms. The van der Waals surface area contributed by atoms with Gasteiger partial charge in [0.2, 0.25) is 5.95 Å². The standard InChI is InChI=1S/C21H22N4O/c1-13-5-7-18(8-6-13)24-20(26)17-11-22-21(23-12-17)25-19-15(3)9-14(2)10-16(19)4/h5-12H,1-4H3,(H,24,26)(H,22,23,25). The molecule has 0 aliphatic heterocycles. The zero-order chi connectivity index (χ0) is 18.7. The second-order valence-electron chi connectivity index (χ2n) is 6.51. The Hall–Kier alpha value is -3.21. The second kappa shape index (κ2) is 7.35. The molecule has 132 valence electrons. The van der Waals surface area contributed by atoms with Crippen LogP contribution in [0.2, 0.25) is 0 Å².